The smallest absolute Gasteiger partial charge is 0.269 e. The summed E-state index contributed by atoms with van der Waals surface area (Å²) in [6.07, 6.45) is 1.37. The summed E-state index contributed by atoms with van der Waals surface area (Å²) in [4.78, 5) is 10.0. The second kappa shape index (κ2) is 6.61. The lowest BCUT2D eigenvalue weighted by Crippen LogP contribution is -2.27. The van der Waals surface area contributed by atoms with Crippen LogP contribution in [0.5, 0.6) is 0 Å². The van der Waals surface area contributed by atoms with Gasteiger partial charge in [-0.15, -0.1) is 0 Å². The topological polar surface area (TPSA) is 79.0 Å². The van der Waals surface area contributed by atoms with Crippen molar-refractivity contribution in [3.63, 3.8) is 0 Å². The lowest BCUT2D eigenvalue weighted by atomic mass is 10.1. The molecule has 0 amide bonds. The van der Waals surface area contributed by atoms with Gasteiger partial charge in [0, 0.05) is 24.7 Å². The van der Waals surface area contributed by atoms with Crippen molar-refractivity contribution in [2.24, 2.45) is 0 Å². The molecule has 0 radical (unpaired) electrons. The first kappa shape index (κ1) is 13.1. The normalized spacial score (nSPS) is 11.8. The first-order valence-electron chi connectivity index (χ1n) is 5.51. The van der Waals surface area contributed by atoms with E-state index in [0.717, 1.165) is 12.0 Å². The zero-order valence-corrected chi connectivity index (χ0v) is 9.72. The van der Waals surface area contributed by atoms with Crippen LogP contribution in [0, 0.1) is 21.4 Å². The number of hydrogen-bond acceptors (Lipinski definition) is 4. The molecule has 1 aromatic carbocycles. The van der Waals surface area contributed by atoms with Gasteiger partial charge in [0.15, 0.2) is 0 Å². The largest absolute Gasteiger partial charge is 0.309 e. The van der Waals surface area contributed by atoms with Crippen molar-refractivity contribution in [3.8, 4) is 6.07 Å². The van der Waals surface area contributed by atoms with Crippen LogP contribution >= 0.6 is 0 Å². The third-order valence-electron chi connectivity index (χ3n) is 2.57. The Morgan fingerprint density at radius 2 is 2.12 bits per heavy atom. The van der Waals surface area contributed by atoms with Gasteiger partial charge in [0.2, 0.25) is 0 Å². The number of nitro groups is 1. The number of hydrogen-bond donors (Lipinski definition) is 1. The van der Waals surface area contributed by atoms with Crippen molar-refractivity contribution in [1.82, 2.24) is 5.32 Å². The van der Waals surface area contributed by atoms with E-state index in [4.69, 9.17) is 5.26 Å². The average Bonchev–Trinajstić information content (AvgIpc) is 2.35. The summed E-state index contributed by atoms with van der Waals surface area (Å²) in [5.74, 6) is 0. The number of benzene rings is 1. The van der Waals surface area contributed by atoms with Gasteiger partial charge in [-0.1, -0.05) is 19.1 Å². The number of nitrogens with one attached hydrogen (secondary N) is 1. The van der Waals surface area contributed by atoms with Crippen LogP contribution in [0.2, 0.25) is 0 Å². The average molecular weight is 233 g/mol. The Kier molecular flexibility index (Phi) is 5.11. The maximum absolute atomic E-state index is 10.5. The Bertz CT molecular complexity index is 409. The second-order valence-electron chi connectivity index (χ2n) is 3.77. The highest BCUT2D eigenvalue weighted by Gasteiger charge is 2.06. The van der Waals surface area contributed by atoms with E-state index in [2.05, 4.69) is 11.4 Å². The highest BCUT2D eigenvalue weighted by Crippen LogP contribution is 2.12. The first-order valence-corrected chi connectivity index (χ1v) is 5.51. The Labute approximate surface area is 100 Å². The maximum atomic E-state index is 10.5. The molecular formula is C12H15N3O2. The SMILES string of the molecule is CC[C@@H](CC#N)NCc1ccc([N+](=O)[O-])cc1. The van der Waals surface area contributed by atoms with E-state index in [0.29, 0.717) is 13.0 Å². The van der Waals surface area contributed by atoms with Crippen molar-refractivity contribution in [2.45, 2.75) is 32.4 Å². The summed E-state index contributed by atoms with van der Waals surface area (Å²) < 4.78 is 0. The van der Waals surface area contributed by atoms with Crippen molar-refractivity contribution >= 4 is 5.69 Å². The minimum absolute atomic E-state index is 0.0952. The quantitative estimate of drug-likeness (QED) is 0.604. The monoisotopic (exact) mass is 233 g/mol. The van der Waals surface area contributed by atoms with Crippen LogP contribution in [0.1, 0.15) is 25.3 Å². The van der Waals surface area contributed by atoms with Gasteiger partial charge >= 0.3 is 0 Å². The molecule has 0 aromatic heterocycles. The van der Waals surface area contributed by atoms with E-state index in [9.17, 15) is 10.1 Å². The minimum Gasteiger partial charge on any atom is -0.309 e. The summed E-state index contributed by atoms with van der Waals surface area (Å²) in [5, 5.41) is 22.3. The third-order valence-corrected chi connectivity index (χ3v) is 2.57. The van der Waals surface area contributed by atoms with E-state index >= 15 is 0 Å². The summed E-state index contributed by atoms with van der Waals surface area (Å²) >= 11 is 0. The van der Waals surface area contributed by atoms with E-state index in [1.54, 1.807) is 12.1 Å². The van der Waals surface area contributed by atoms with Crippen LogP contribution in [0.15, 0.2) is 24.3 Å². The number of nitro benzene ring substituents is 1. The molecule has 0 aliphatic rings. The lowest BCUT2D eigenvalue weighted by molar-refractivity contribution is -0.384. The van der Waals surface area contributed by atoms with E-state index < -0.39 is 4.92 Å². The molecule has 0 saturated heterocycles. The zero-order valence-electron chi connectivity index (χ0n) is 9.72. The standard InChI is InChI=1S/C12H15N3O2/c1-2-11(7-8-13)14-9-10-3-5-12(6-4-10)15(16)17/h3-6,11,14H,2,7,9H2,1H3/t11-/m0/s1. The molecule has 0 spiro atoms. The maximum Gasteiger partial charge on any atom is 0.269 e. The van der Waals surface area contributed by atoms with Crippen LogP contribution in [-0.2, 0) is 6.54 Å². The third kappa shape index (κ3) is 4.21. The molecule has 5 heteroatoms. The van der Waals surface area contributed by atoms with Gasteiger partial charge in [0.05, 0.1) is 17.4 Å². The van der Waals surface area contributed by atoms with Crippen LogP contribution < -0.4 is 5.32 Å². The van der Waals surface area contributed by atoms with Crippen LogP contribution in [0.4, 0.5) is 5.69 Å². The molecule has 90 valence electrons. The van der Waals surface area contributed by atoms with Crippen LogP contribution in [0.25, 0.3) is 0 Å². The highest BCUT2D eigenvalue weighted by molar-refractivity contribution is 5.32. The second-order valence-corrected chi connectivity index (χ2v) is 3.77. The summed E-state index contributed by atoms with van der Waals surface area (Å²) in [6, 6.07) is 8.73. The summed E-state index contributed by atoms with van der Waals surface area (Å²) in [5.41, 5.74) is 1.07. The molecule has 1 atom stereocenters. The molecular weight excluding hydrogens is 218 g/mol. The fourth-order valence-electron chi connectivity index (χ4n) is 1.47. The Morgan fingerprint density at radius 1 is 1.47 bits per heavy atom. The van der Waals surface area contributed by atoms with Gasteiger partial charge in [0.25, 0.3) is 5.69 Å². The first-order chi connectivity index (χ1) is 8.17. The van der Waals surface area contributed by atoms with Gasteiger partial charge < -0.3 is 5.32 Å². The lowest BCUT2D eigenvalue weighted by Gasteiger charge is -2.13. The number of nitriles is 1. The van der Waals surface area contributed by atoms with E-state index in [1.807, 2.05) is 6.92 Å². The predicted molar refractivity (Wildman–Crippen MR) is 64.2 cm³/mol. The molecule has 0 fully saturated rings. The Hall–Kier alpha value is -1.93. The Morgan fingerprint density at radius 3 is 2.59 bits per heavy atom. The number of rotatable bonds is 6. The molecule has 0 aliphatic carbocycles. The van der Waals surface area contributed by atoms with Gasteiger partial charge in [0.1, 0.15) is 0 Å². The molecule has 17 heavy (non-hydrogen) atoms. The van der Waals surface area contributed by atoms with Crippen molar-refractivity contribution in [2.75, 3.05) is 0 Å². The van der Waals surface area contributed by atoms with Crippen molar-refractivity contribution in [1.29, 1.82) is 5.26 Å². The van der Waals surface area contributed by atoms with Gasteiger partial charge in [-0.3, -0.25) is 10.1 Å². The molecule has 1 rings (SSSR count). The van der Waals surface area contributed by atoms with Crippen molar-refractivity contribution in [3.05, 3.63) is 39.9 Å². The molecule has 0 aliphatic heterocycles. The van der Waals surface area contributed by atoms with E-state index in [-0.39, 0.29) is 11.7 Å². The minimum atomic E-state index is -0.415. The van der Waals surface area contributed by atoms with Crippen LogP contribution in [-0.4, -0.2) is 11.0 Å². The van der Waals surface area contributed by atoms with Gasteiger partial charge in [-0.2, -0.15) is 5.26 Å². The highest BCUT2D eigenvalue weighted by atomic mass is 16.6. The zero-order chi connectivity index (χ0) is 12.7. The molecule has 0 heterocycles. The van der Waals surface area contributed by atoms with Crippen LogP contribution in [0.3, 0.4) is 0 Å². The summed E-state index contributed by atoms with van der Waals surface area (Å²) in [6.45, 7) is 2.64. The van der Waals surface area contributed by atoms with Gasteiger partial charge in [-0.05, 0) is 12.0 Å². The molecule has 0 saturated carbocycles. The van der Waals surface area contributed by atoms with Gasteiger partial charge in [-0.25, -0.2) is 0 Å². The Balaban J connectivity index is 2.52. The number of nitrogens with zero attached hydrogens (tertiary/aromatic N) is 2. The van der Waals surface area contributed by atoms with Crippen molar-refractivity contribution < 1.29 is 4.92 Å². The molecule has 5 nitrogen and oxygen atoms in total. The molecule has 1 N–H and O–H groups in total. The number of non-ortho nitro benzene ring substituents is 1. The van der Waals surface area contributed by atoms with E-state index in [1.165, 1.54) is 12.1 Å². The fraction of sp³-hybridized carbons (Fsp3) is 0.417. The molecule has 1 aromatic rings. The fourth-order valence-corrected chi connectivity index (χ4v) is 1.47. The predicted octanol–water partition coefficient (Wildman–Crippen LogP) is 2.38. The summed E-state index contributed by atoms with van der Waals surface area (Å²) in [7, 11) is 0. The molecule has 0 bridgehead atoms. The molecule has 0 unspecified atom stereocenters.